The number of hydrogen-bond acceptors (Lipinski definition) is 5. The fourth-order valence-electron chi connectivity index (χ4n) is 3.37. The van der Waals surface area contributed by atoms with Gasteiger partial charge in [-0.05, 0) is 43.3 Å². The Morgan fingerprint density at radius 1 is 0.828 bits per heavy atom. The molecule has 1 fully saturated rings. The van der Waals surface area contributed by atoms with Gasteiger partial charge < -0.3 is 15.1 Å². The number of benzene rings is 2. The Labute approximate surface area is 166 Å². The Morgan fingerprint density at radius 2 is 1.45 bits per heavy atom. The normalized spacial score (nSPS) is 14.2. The van der Waals surface area contributed by atoms with Crippen LogP contribution in [0.5, 0.6) is 0 Å². The lowest BCUT2D eigenvalue weighted by Crippen LogP contribution is -2.46. The lowest BCUT2D eigenvalue weighted by atomic mass is 10.2. The number of para-hydroxylation sites is 1. The van der Waals surface area contributed by atoms with E-state index in [4.69, 9.17) is 0 Å². The molecule has 1 aliphatic rings. The molecule has 0 spiro atoms. The summed E-state index contributed by atoms with van der Waals surface area (Å²) in [6, 6.07) is 11.8. The van der Waals surface area contributed by atoms with Crippen molar-refractivity contribution in [2.24, 2.45) is 0 Å². The summed E-state index contributed by atoms with van der Waals surface area (Å²) in [5, 5.41) is 2.73. The first-order valence-electron chi connectivity index (χ1n) is 9.32. The van der Waals surface area contributed by atoms with Gasteiger partial charge in [0.2, 0.25) is 0 Å². The molecule has 1 aliphatic heterocycles. The molecule has 8 heteroatoms. The van der Waals surface area contributed by atoms with Crippen LogP contribution in [0, 0.1) is 24.4 Å². The molecule has 0 bridgehead atoms. The lowest BCUT2D eigenvalue weighted by molar-refractivity contribution is 0.590. The Kier molecular flexibility index (Phi) is 5.24. The van der Waals surface area contributed by atoms with Crippen LogP contribution in [0.3, 0.4) is 0 Å². The molecule has 2 heterocycles. The minimum atomic E-state index is -0.685. The van der Waals surface area contributed by atoms with Gasteiger partial charge in [-0.25, -0.2) is 23.1 Å². The maximum absolute atomic E-state index is 13.9. The van der Waals surface area contributed by atoms with Gasteiger partial charge in [-0.1, -0.05) is 6.07 Å². The third kappa shape index (κ3) is 4.26. The molecule has 150 valence electrons. The molecule has 0 unspecified atom stereocenters. The van der Waals surface area contributed by atoms with Crippen molar-refractivity contribution in [3.63, 3.8) is 0 Å². The highest BCUT2D eigenvalue weighted by Crippen LogP contribution is 2.25. The Hall–Kier alpha value is -3.29. The van der Waals surface area contributed by atoms with Crippen molar-refractivity contribution in [3.05, 3.63) is 71.8 Å². The van der Waals surface area contributed by atoms with E-state index >= 15 is 0 Å². The van der Waals surface area contributed by atoms with Crippen LogP contribution in [-0.2, 0) is 0 Å². The van der Waals surface area contributed by atoms with Crippen LogP contribution in [0.15, 0.2) is 48.5 Å². The molecule has 0 aliphatic carbocycles. The Morgan fingerprint density at radius 3 is 2.10 bits per heavy atom. The van der Waals surface area contributed by atoms with E-state index in [2.05, 4.69) is 25.1 Å². The summed E-state index contributed by atoms with van der Waals surface area (Å²) in [6.45, 7) is 4.66. The van der Waals surface area contributed by atoms with Crippen molar-refractivity contribution < 1.29 is 13.2 Å². The van der Waals surface area contributed by atoms with Gasteiger partial charge >= 0.3 is 0 Å². The Balaban J connectivity index is 1.49. The highest BCUT2D eigenvalue weighted by molar-refractivity contribution is 5.61. The highest BCUT2D eigenvalue weighted by atomic mass is 19.1. The van der Waals surface area contributed by atoms with Crippen molar-refractivity contribution >= 4 is 23.0 Å². The molecule has 1 N–H and O–H groups in total. The zero-order chi connectivity index (χ0) is 20.4. The average molecular weight is 399 g/mol. The number of halogens is 3. The van der Waals surface area contributed by atoms with Gasteiger partial charge in [0.15, 0.2) is 0 Å². The molecule has 5 nitrogen and oxygen atoms in total. The number of nitrogens with zero attached hydrogens (tertiary/aromatic N) is 4. The summed E-state index contributed by atoms with van der Waals surface area (Å²) in [5.41, 5.74) is 0.736. The molecule has 2 aromatic carbocycles. The van der Waals surface area contributed by atoms with E-state index in [1.54, 1.807) is 25.1 Å². The fourth-order valence-corrected chi connectivity index (χ4v) is 3.37. The van der Waals surface area contributed by atoms with E-state index in [1.165, 1.54) is 30.3 Å². The van der Waals surface area contributed by atoms with E-state index in [1.807, 2.05) is 0 Å². The van der Waals surface area contributed by atoms with Gasteiger partial charge in [0.25, 0.3) is 0 Å². The van der Waals surface area contributed by atoms with Gasteiger partial charge in [-0.2, -0.15) is 0 Å². The summed E-state index contributed by atoms with van der Waals surface area (Å²) >= 11 is 0. The molecular formula is C21H20F3N5. The quantitative estimate of drug-likeness (QED) is 0.710. The van der Waals surface area contributed by atoms with E-state index < -0.39 is 11.6 Å². The molecule has 0 saturated carbocycles. The van der Waals surface area contributed by atoms with E-state index in [0.29, 0.717) is 30.5 Å². The molecule has 4 rings (SSSR count). The minimum absolute atomic E-state index is 0.238. The van der Waals surface area contributed by atoms with Crippen molar-refractivity contribution in [1.29, 1.82) is 0 Å². The second kappa shape index (κ2) is 7.98. The van der Waals surface area contributed by atoms with Crippen LogP contribution in [0.1, 0.15) is 5.82 Å². The maximum Gasteiger partial charge on any atom is 0.149 e. The molecule has 0 amide bonds. The van der Waals surface area contributed by atoms with Crippen molar-refractivity contribution in [1.82, 2.24) is 9.97 Å². The molecule has 1 aromatic heterocycles. The van der Waals surface area contributed by atoms with Crippen molar-refractivity contribution in [2.45, 2.75) is 6.92 Å². The predicted molar refractivity (Wildman–Crippen MR) is 107 cm³/mol. The van der Waals surface area contributed by atoms with E-state index in [0.717, 1.165) is 18.8 Å². The van der Waals surface area contributed by atoms with E-state index in [-0.39, 0.29) is 11.5 Å². The summed E-state index contributed by atoms with van der Waals surface area (Å²) < 4.78 is 41.0. The summed E-state index contributed by atoms with van der Waals surface area (Å²) in [5.74, 6) is -0.0997. The van der Waals surface area contributed by atoms with Crippen molar-refractivity contribution in [2.75, 3.05) is 41.3 Å². The zero-order valence-electron chi connectivity index (χ0n) is 15.9. The average Bonchev–Trinajstić information content (AvgIpc) is 2.71. The zero-order valence-corrected chi connectivity index (χ0v) is 15.9. The van der Waals surface area contributed by atoms with Gasteiger partial charge in [0.05, 0.1) is 0 Å². The first-order valence-corrected chi connectivity index (χ1v) is 9.32. The second-order valence-electron chi connectivity index (χ2n) is 6.83. The van der Waals surface area contributed by atoms with Crippen molar-refractivity contribution in [3.8, 4) is 0 Å². The van der Waals surface area contributed by atoms with Gasteiger partial charge in [-0.3, -0.25) is 0 Å². The van der Waals surface area contributed by atoms with Gasteiger partial charge in [0.1, 0.15) is 40.6 Å². The number of rotatable bonds is 4. The topological polar surface area (TPSA) is 44.3 Å². The standard InChI is InChI=1S/C21H20F3N5/c1-14-25-19(27-21-17(23)3-2-4-18(21)24)13-20(26-14)29-11-9-28(10-12-29)16-7-5-15(22)6-8-16/h2-8,13H,9-12H2,1H3,(H,25,26,27). The second-order valence-corrected chi connectivity index (χ2v) is 6.83. The highest BCUT2D eigenvalue weighted by Gasteiger charge is 2.20. The van der Waals surface area contributed by atoms with Crippen LogP contribution in [-0.4, -0.2) is 36.1 Å². The SMILES string of the molecule is Cc1nc(Nc2c(F)cccc2F)cc(N2CCN(c3ccc(F)cc3)CC2)n1. The molecule has 0 radical (unpaired) electrons. The first kappa shape index (κ1) is 19.0. The molecule has 29 heavy (non-hydrogen) atoms. The van der Waals surface area contributed by atoms with Crippen LogP contribution >= 0.6 is 0 Å². The third-order valence-electron chi connectivity index (χ3n) is 4.84. The summed E-state index contributed by atoms with van der Waals surface area (Å²) in [6.07, 6.45) is 0. The number of aryl methyl sites for hydroxylation is 1. The fraction of sp³-hybridized carbons (Fsp3) is 0.238. The van der Waals surface area contributed by atoms with Crippen LogP contribution < -0.4 is 15.1 Å². The molecule has 0 atom stereocenters. The molecular weight excluding hydrogens is 379 g/mol. The number of anilines is 4. The summed E-state index contributed by atoms with van der Waals surface area (Å²) in [4.78, 5) is 13.0. The molecule has 3 aromatic rings. The van der Waals surface area contributed by atoms with Crippen LogP contribution in [0.25, 0.3) is 0 Å². The minimum Gasteiger partial charge on any atom is -0.368 e. The van der Waals surface area contributed by atoms with Gasteiger partial charge in [-0.15, -0.1) is 0 Å². The van der Waals surface area contributed by atoms with Crippen LogP contribution in [0.4, 0.5) is 36.2 Å². The van der Waals surface area contributed by atoms with E-state index in [9.17, 15) is 13.2 Å². The van der Waals surface area contributed by atoms with Crippen LogP contribution in [0.2, 0.25) is 0 Å². The lowest BCUT2D eigenvalue weighted by Gasteiger charge is -2.36. The largest absolute Gasteiger partial charge is 0.368 e. The number of piperazine rings is 1. The number of nitrogens with one attached hydrogen (secondary N) is 1. The predicted octanol–water partition coefficient (Wildman–Crippen LogP) is 4.27. The summed E-state index contributed by atoms with van der Waals surface area (Å²) in [7, 11) is 0. The smallest absolute Gasteiger partial charge is 0.149 e. The third-order valence-corrected chi connectivity index (χ3v) is 4.84. The maximum atomic E-state index is 13.9. The monoisotopic (exact) mass is 399 g/mol. The first-order chi connectivity index (χ1) is 14.0. The molecule has 1 saturated heterocycles. The number of hydrogen-bond donors (Lipinski definition) is 1. The van der Waals surface area contributed by atoms with Gasteiger partial charge in [0, 0.05) is 37.9 Å². The number of aromatic nitrogens is 2. The Bertz CT molecular complexity index is 981.